The average Bonchev–Trinajstić information content (AvgIpc) is 3.56. The SMILES string of the molecule is COc1ccc(CC[C@@H]2CCN(C[C@@H](CC=O)c3cc(N4CCNCC4)cc(-n4nc(C)cc4C)c3)C2)nc1N. The van der Waals surface area contributed by atoms with Crippen LogP contribution in [0.2, 0.25) is 0 Å². The third-order valence-corrected chi connectivity index (χ3v) is 8.33. The molecule has 0 spiro atoms. The summed E-state index contributed by atoms with van der Waals surface area (Å²) in [4.78, 5) is 21.4. The molecule has 5 rings (SSSR count). The van der Waals surface area contributed by atoms with Crippen LogP contribution in [0.4, 0.5) is 11.5 Å². The minimum absolute atomic E-state index is 0.137. The second kappa shape index (κ2) is 12.8. The summed E-state index contributed by atoms with van der Waals surface area (Å²) in [6.45, 7) is 11.0. The summed E-state index contributed by atoms with van der Waals surface area (Å²) in [5.41, 5.74) is 12.6. The standard InChI is InChI=1S/C31H43N7O2/c1-22-16-23(2)38(35-22)29-18-26(17-28(19-29)37-13-10-33-11-14-37)25(9-15-39)21-36-12-8-24(20-36)4-5-27-6-7-30(40-3)31(32)34-27/h6-7,15-19,24-25,33H,4-5,8-14,20-21H2,1-3H3,(H2,32,34)/t24-,25-/m1/s1. The molecule has 0 saturated carbocycles. The van der Waals surface area contributed by atoms with Crippen LogP contribution >= 0.6 is 0 Å². The molecule has 0 amide bonds. The Balaban J connectivity index is 1.31. The van der Waals surface area contributed by atoms with Gasteiger partial charge in [0, 0.05) is 68.7 Å². The van der Waals surface area contributed by atoms with Gasteiger partial charge in [0.15, 0.2) is 11.6 Å². The highest BCUT2D eigenvalue weighted by Gasteiger charge is 2.26. The molecule has 9 heteroatoms. The number of ether oxygens (including phenoxy) is 1. The third-order valence-electron chi connectivity index (χ3n) is 8.33. The van der Waals surface area contributed by atoms with Crippen molar-refractivity contribution in [3.05, 3.63) is 59.0 Å². The summed E-state index contributed by atoms with van der Waals surface area (Å²) in [6.07, 6.45) is 4.74. The van der Waals surface area contributed by atoms with Crippen LogP contribution in [0.15, 0.2) is 36.4 Å². The second-order valence-corrected chi connectivity index (χ2v) is 11.3. The maximum absolute atomic E-state index is 11.9. The first-order chi connectivity index (χ1) is 19.4. The fraction of sp³-hybridized carbons (Fsp3) is 0.516. The first kappa shape index (κ1) is 28.1. The molecule has 0 unspecified atom stereocenters. The van der Waals surface area contributed by atoms with Gasteiger partial charge in [-0.25, -0.2) is 9.67 Å². The van der Waals surface area contributed by atoms with E-state index >= 15 is 0 Å². The highest BCUT2D eigenvalue weighted by Crippen LogP contribution is 2.31. The summed E-state index contributed by atoms with van der Waals surface area (Å²) in [5.74, 6) is 1.82. The predicted molar refractivity (Wildman–Crippen MR) is 160 cm³/mol. The summed E-state index contributed by atoms with van der Waals surface area (Å²) in [7, 11) is 1.61. The molecule has 2 atom stereocenters. The number of carbonyl (C=O) groups is 1. The van der Waals surface area contributed by atoms with Gasteiger partial charge in [-0.05, 0) is 87.5 Å². The lowest BCUT2D eigenvalue weighted by Crippen LogP contribution is -2.43. The molecule has 2 saturated heterocycles. The summed E-state index contributed by atoms with van der Waals surface area (Å²) < 4.78 is 7.27. The highest BCUT2D eigenvalue weighted by atomic mass is 16.5. The molecule has 3 N–H and O–H groups in total. The van der Waals surface area contributed by atoms with Gasteiger partial charge in [-0.3, -0.25) is 0 Å². The van der Waals surface area contributed by atoms with Crippen molar-refractivity contribution < 1.29 is 9.53 Å². The minimum Gasteiger partial charge on any atom is -0.493 e. The normalized spacial score (nSPS) is 18.7. The lowest BCUT2D eigenvalue weighted by atomic mass is 9.94. The number of carbonyl (C=O) groups excluding carboxylic acids is 1. The molecular formula is C31H43N7O2. The van der Waals surface area contributed by atoms with Gasteiger partial charge < -0.3 is 30.4 Å². The highest BCUT2D eigenvalue weighted by molar-refractivity contribution is 5.59. The molecule has 0 radical (unpaired) electrons. The van der Waals surface area contributed by atoms with Gasteiger partial charge in [-0.1, -0.05) is 0 Å². The van der Waals surface area contributed by atoms with Crippen LogP contribution in [0.5, 0.6) is 5.75 Å². The molecule has 4 heterocycles. The van der Waals surface area contributed by atoms with E-state index in [1.807, 2.05) is 23.7 Å². The van der Waals surface area contributed by atoms with Crippen molar-refractivity contribution in [2.45, 2.75) is 45.4 Å². The maximum atomic E-state index is 11.9. The number of methoxy groups -OCH3 is 1. The second-order valence-electron chi connectivity index (χ2n) is 11.3. The number of piperazine rings is 1. The number of nitrogen functional groups attached to an aromatic ring is 1. The smallest absolute Gasteiger partial charge is 0.166 e. The van der Waals surface area contributed by atoms with E-state index in [1.165, 1.54) is 11.3 Å². The lowest BCUT2D eigenvalue weighted by molar-refractivity contribution is -0.108. The van der Waals surface area contributed by atoms with E-state index in [4.69, 9.17) is 15.6 Å². The van der Waals surface area contributed by atoms with Crippen LogP contribution in [0, 0.1) is 19.8 Å². The third kappa shape index (κ3) is 6.64. The Hall–Kier alpha value is -3.43. The van der Waals surface area contributed by atoms with E-state index in [1.54, 1.807) is 7.11 Å². The quantitative estimate of drug-likeness (QED) is 0.353. The molecule has 2 aliphatic heterocycles. The van der Waals surface area contributed by atoms with Crippen molar-refractivity contribution in [1.29, 1.82) is 0 Å². The molecule has 0 aliphatic carbocycles. The van der Waals surface area contributed by atoms with Crippen LogP contribution in [0.25, 0.3) is 5.69 Å². The first-order valence-electron chi connectivity index (χ1n) is 14.5. The zero-order valence-electron chi connectivity index (χ0n) is 24.1. The molecule has 1 aromatic carbocycles. The van der Waals surface area contributed by atoms with Gasteiger partial charge in [-0.15, -0.1) is 0 Å². The molecule has 40 heavy (non-hydrogen) atoms. The van der Waals surface area contributed by atoms with Gasteiger partial charge in [0.25, 0.3) is 0 Å². The number of anilines is 2. The maximum Gasteiger partial charge on any atom is 0.166 e. The number of benzene rings is 1. The van der Waals surface area contributed by atoms with Crippen LogP contribution in [0.1, 0.15) is 47.8 Å². The van der Waals surface area contributed by atoms with E-state index in [0.717, 1.165) is 94.1 Å². The summed E-state index contributed by atoms with van der Waals surface area (Å²) >= 11 is 0. The summed E-state index contributed by atoms with van der Waals surface area (Å²) in [6, 6.07) is 12.8. The number of aromatic nitrogens is 3. The Labute approximate surface area is 237 Å². The zero-order valence-corrected chi connectivity index (χ0v) is 24.1. The largest absolute Gasteiger partial charge is 0.493 e. The number of nitrogens with zero attached hydrogens (tertiary/aromatic N) is 5. The number of nitrogens with one attached hydrogen (secondary N) is 1. The van der Waals surface area contributed by atoms with Crippen molar-refractivity contribution in [2.24, 2.45) is 5.92 Å². The Bertz CT molecular complexity index is 1300. The molecular weight excluding hydrogens is 502 g/mol. The Kier molecular flexibility index (Phi) is 9.01. The molecule has 0 bridgehead atoms. The molecule has 3 aromatic rings. The molecule has 2 fully saturated rings. The number of hydrogen-bond acceptors (Lipinski definition) is 8. The topological polar surface area (TPSA) is 102 Å². The molecule has 2 aromatic heterocycles. The van der Waals surface area contributed by atoms with Crippen molar-refractivity contribution in [1.82, 2.24) is 25.0 Å². The van der Waals surface area contributed by atoms with Crippen molar-refractivity contribution in [3.63, 3.8) is 0 Å². The number of nitrogens with two attached hydrogens (primary N) is 1. The monoisotopic (exact) mass is 545 g/mol. The van der Waals surface area contributed by atoms with Crippen molar-refractivity contribution in [3.8, 4) is 11.4 Å². The summed E-state index contributed by atoms with van der Waals surface area (Å²) in [5, 5.41) is 8.23. The number of aryl methyl sites for hydroxylation is 3. The van der Waals surface area contributed by atoms with Gasteiger partial charge >= 0.3 is 0 Å². The number of rotatable bonds is 11. The molecule has 2 aliphatic rings. The number of aldehydes is 1. The van der Waals surface area contributed by atoms with Crippen LogP contribution in [0.3, 0.4) is 0 Å². The van der Waals surface area contributed by atoms with E-state index in [0.29, 0.717) is 23.9 Å². The van der Waals surface area contributed by atoms with Crippen LogP contribution < -0.4 is 20.7 Å². The fourth-order valence-corrected chi connectivity index (χ4v) is 6.20. The van der Waals surface area contributed by atoms with Gasteiger partial charge in [0.05, 0.1) is 18.5 Å². The number of likely N-dealkylation sites (tertiary alicyclic amines) is 1. The Morgan fingerprint density at radius 3 is 2.62 bits per heavy atom. The van der Waals surface area contributed by atoms with E-state index < -0.39 is 0 Å². The van der Waals surface area contributed by atoms with Gasteiger partial charge in [0.1, 0.15) is 6.29 Å². The van der Waals surface area contributed by atoms with E-state index in [-0.39, 0.29) is 5.92 Å². The van der Waals surface area contributed by atoms with Crippen molar-refractivity contribution in [2.75, 3.05) is 63.6 Å². The fourth-order valence-electron chi connectivity index (χ4n) is 6.20. The Morgan fingerprint density at radius 1 is 1.12 bits per heavy atom. The Morgan fingerprint density at radius 2 is 1.93 bits per heavy atom. The van der Waals surface area contributed by atoms with Gasteiger partial charge in [-0.2, -0.15) is 5.10 Å². The number of hydrogen-bond donors (Lipinski definition) is 2. The number of pyridine rings is 1. The predicted octanol–water partition coefficient (Wildman–Crippen LogP) is 3.51. The van der Waals surface area contributed by atoms with E-state index in [2.05, 4.69) is 51.3 Å². The van der Waals surface area contributed by atoms with E-state index in [9.17, 15) is 4.79 Å². The minimum atomic E-state index is 0.137. The average molecular weight is 546 g/mol. The van der Waals surface area contributed by atoms with Crippen molar-refractivity contribution >= 4 is 17.8 Å². The van der Waals surface area contributed by atoms with Gasteiger partial charge in [0.2, 0.25) is 0 Å². The lowest BCUT2D eigenvalue weighted by Gasteiger charge is -2.31. The molecule has 9 nitrogen and oxygen atoms in total. The van der Waals surface area contributed by atoms with Crippen LogP contribution in [-0.2, 0) is 11.2 Å². The first-order valence-corrected chi connectivity index (χ1v) is 14.5. The molecule has 214 valence electrons. The zero-order chi connectivity index (χ0) is 28.1. The van der Waals surface area contributed by atoms with Crippen LogP contribution in [-0.4, -0.2) is 78.9 Å².